The maximum absolute atomic E-state index is 12.0. The van der Waals surface area contributed by atoms with Crippen molar-refractivity contribution >= 4 is 35.1 Å². The first-order chi connectivity index (χ1) is 11.9. The normalized spacial score (nSPS) is 11.8. The molecule has 134 valence electrons. The zero-order valence-corrected chi connectivity index (χ0v) is 14.8. The third kappa shape index (κ3) is 5.65. The molecule has 1 atom stereocenters. The second kappa shape index (κ2) is 8.73. The van der Waals surface area contributed by atoms with E-state index < -0.39 is 11.9 Å². The van der Waals surface area contributed by atoms with Gasteiger partial charge in [-0.3, -0.25) is 9.59 Å². The van der Waals surface area contributed by atoms with Crippen molar-refractivity contribution in [1.29, 1.82) is 0 Å². The van der Waals surface area contributed by atoms with Crippen molar-refractivity contribution in [3.05, 3.63) is 45.8 Å². The minimum Gasteiger partial charge on any atom is -0.482 e. The molecule has 1 aromatic heterocycles. The summed E-state index contributed by atoms with van der Waals surface area (Å²) >= 11 is 12.0. The Kier molecular flexibility index (Phi) is 6.66. The summed E-state index contributed by atoms with van der Waals surface area (Å²) < 4.78 is 10.5. The van der Waals surface area contributed by atoms with E-state index >= 15 is 0 Å². The quantitative estimate of drug-likeness (QED) is 0.719. The van der Waals surface area contributed by atoms with Gasteiger partial charge in [-0.2, -0.15) is 0 Å². The molecule has 0 aliphatic carbocycles. The van der Waals surface area contributed by atoms with Gasteiger partial charge in [-0.05, 0) is 25.5 Å². The smallest absolute Gasteiger partial charge is 0.303 e. The molecule has 0 aliphatic heterocycles. The van der Waals surface area contributed by atoms with Crippen LogP contribution >= 0.6 is 23.2 Å². The van der Waals surface area contributed by atoms with Crippen LogP contribution in [0.3, 0.4) is 0 Å². The largest absolute Gasteiger partial charge is 0.482 e. The molecule has 2 N–H and O–H groups in total. The highest BCUT2D eigenvalue weighted by Gasteiger charge is 2.16. The van der Waals surface area contributed by atoms with Crippen LogP contribution in [0.2, 0.25) is 10.0 Å². The Morgan fingerprint density at radius 3 is 2.68 bits per heavy atom. The van der Waals surface area contributed by atoms with Crippen LogP contribution < -0.4 is 10.1 Å². The van der Waals surface area contributed by atoms with Crippen molar-refractivity contribution in [2.24, 2.45) is 0 Å². The number of rotatable bonds is 8. The summed E-state index contributed by atoms with van der Waals surface area (Å²) in [7, 11) is 0. The highest BCUT2D eigenvalue weighted by Crippen LogP contribution is 2.32. The third-order valence-corrected chi connectivity index (χ3v) is 3.83. The highest BCUT2D eigenvalue weighted by molar-refractivity contribution is 6.37. The molecule has 0 saturated carbocycles. The molecule has 0 radical (unpaired) electrons. The van der Waals surface area contributed by atoms with Crippen LogP contribution in [0.15, 0.2) is 28.8 Å². The zero-order valence-electron chi connectivity index (χ0n) is 13.3. The van der Waals surface area contributed by atoms with Gasteiger partial charge in [-0.25, -0.2) is 0 Å². The number of amides is 1. The standard InChI is InChI=1S/C16H16Cl2N2O5/c1-9(5-6-14(21)22)19-16(23)13-7-10(25-20-13)8-24-15-11(17)3-2-4-12(15)18/h2-4,7,9H,5-6,8H2,1H3,(H,19,23)(H,21,22). The number of carboxylic acid groups (broad SMARTS) is 1. The Bertz CT molecular complexity index is 742. The molecule has 1 amide bonds. The van der Waals surface area contributed by atoms with E-state index in [9.17, 15) is 9.59 Å². The van der Waals surface area contributed by atoms with E-state index in [0.29, 0.717) is 28.0 Å². The lowest BCUT2D eigenvalue weighted by Crippen LogP contribution is -2.33. The van der Waals surface area contributed by atoms with E-state index in [1.807, 2.05) is 0 Å². The fourth-order valence-electron chi connectivity index (χ4n) is 1.96. The summed E-state index contributed by atoms with van der Waals surface area (Å²) in [4.78, 5) is 22.6. The van der Waals surface area contributed by atoms with E-state index in [2.05, 4.69) is 10.5 Å². The SMILES string of the molecule is CC(CCC(=O)O)NC(=O)c1cc(COc2c(Cl)cccc2Cl)on1. The zero-order chi connectivity index (χ0) is 18.4. The number of carboxylic acids is 1. The summed E-state index contributed by atoms with van der Waals surface area (Å²) in [6.07, 6.45) is 0.290. The van der Waals surface area contributed by atoms with Crippen LogP contribution in [0.4, 0.5) is 0 Å². The first-order valence-electron chi connectivity index (χ1n) is 7.42. The van der Waals surface area contributed by atoms with Crippen molar-refractivity contribution < 1.29 is 24.0 Å². The molecule has 0 aliphatic rings. The average molecular weight is 387 g/mol. The minimum atomic E-state index is -0.916. The van der Waals surface area contributed by atoms with Crippen LogP contribution in [0.25, 0.3) is 0 Å². The molecule has 25 heavy (non-hydrogen) atoms. The molecule has 7 nitrogen and oxygen atoms in total. The minimum absolute atomic E-state index is 0.00169. The Labute approximate surface area is 153 Å². The molecule has 1 unspecified atom stereocenters. The van der Waals surface area contributed by atoms with Gasteiger partial charge >= 0.3 is 5.97 Å². The Morgan fingerprint density at radius 2 is 2.04 bits per heavy atom. The van der Waals surface area contributed by atoms with Gasteiger partial charge in [-0.1, -0.05) is 34.4 Å². The van der Waals surface area contributed by atoms with Crippen molar-refractivity contribution in [3.63, 3.8) is 0 Å². The van der Waals surface area contributed by atoms with Gasteiger partial charge in [0.2, 0.25) is 0 Å². The van der Waals surface area contributed by atoms with E-state index in [1.165, 1.54) is 6.07 Å². The predicted octanol–water partition coefficient (Wildman–Crippen LogP) is 3.54. The first kappa shape index (κ1) is 19.1. The molecule has 0 spiro atoms. The number of benzene rings is 1. The number of aromatic nitrogens is 1. The fraction of sp³-hybridized carbons (Fsp3) is 0.312. The van der Waals surface area contributed by atoms with Crippen molar-refractivity contribution in [2.45, 2.75) is 32.4 Å². The van der Waals surface area contributed by atoms with Crippen molar-refractivity contribution in [2.75, 3.05) is 0 Å². The second-order valence-corrected chi connectivity index (χ2v) is 6.14. The number of hydrogen-bond acceptors (Lipinski definition) is 5. The van der Waals surface area contributed by atoms with Gasteiger partial charge in [0.15, 0.2) is 17.2 Å². The highest BCUT2D eigenvalue weighted by atomic mass is 35.5. The Hall–Kier alpha value is -2.25. The maximum Gasteiger partial charge on any atom is 0.303 e. The number of nitrogens with zero attached hydrogens (tertiary/aromatic N) is 1. The van der Waals surface area contributed by atoms with E-state index in [0.717, 1.165) is 0 Å². The number of hydrogen-bond donors (Lipinski definition) is 2. The lowest BCUT2D eigenvalue weighted by molar-refractivity contribution is -0.137. The van der Waals surface area contributed by atoms with Gasteiger partial charge in [-0.15, -0.1) is 0 Å². The molecule has 9 heteroatoms. The first-order valence-corrected chi connectivity index (χ1v) is 8.17. The van der Waals surface area contributed by atoms with Crippen LogP contribution in [0.5, 0.6) is 5.75 Å². The number of carbonyl (C=O) groups excluding carboxylic acids is 1. The number of ether oxygens (including phenoxy) is 1. The number of para-hydroxylation sites is 1. The molecule has 1 aromatic carbocycles. The van der Waals surface area contributed by atoms with E-state index in [4.69, 9.17) is 37.6 Å². The van der Waals surface area contributed by atoms with Crippen molar-refractivity contribution in [1.82, 2.24) is 10.5 Å². The fourth-order valence-corrected chi connectivity index (χ4v) is 2.47. The molecular formula is C16H16Cl2N2O5. The van der Waals surface area contributed by atoms with Crippen LogP contribution in [0.1, 0.15) is 36.0 Å². The average Bonchev–Trinajstić information content (AvgIpc) is 3.01. The van der Waals surface area contributed by atoms with Gasteiger partial charge in [0, 0.05) is 18.5 Å². The van der Waals surface area contributed by atoms with Crippen molar-refractivity contribution in [3.8, 4) is 5.75 Å². The monoisotopic (exact) mass is 386 g/mol. The van der Waals surface area contributed by atoms with Crippen LogP contribution in [-0.4, -0.2) is 28.2 Å². The summed E-state index contributed by atoms with van der Waals surface area (Å²) in [5, 5.41) is 15.7. The summed E-state index contributed by atoms with van der Waals surface area (Å²) in [5.74, 6) is -0.737. The molecule has 2 rings (SSSR count). The molecule has 0 bridgehead atoms. The van der Waals surface area contributed by atoms with Crippen LogP contribution in [-0.2, 0) is 11.4 Å². The third-order valence-electron chi connectivity index (χ3n) is 3.24. The lowest BCUT2D eigenvalue weighted by Gasteiger charge is -2.10. The Morgan fingerprint density at radius 1 is 1.36 bits per heavy atom. The second-order valence-electron chi connectivity index (χ2n) is 5.32. The molecule has 1 heterocycles. The maximum atomic E-state index is 12.0. The molecular weight excluding hydrogens is 371 g/mol. The summed E-state index contributed by atoms with van der Waals surface area (Å²) in [6, 6.07) is 6.10. The van der Waals surface area contributed by atoms with Crippen LogP contribution in [0, 0.1) is 0 Å². The number of carbonyl (C=O) groups is 2. The summed E-state index contributed by atoms with van der Waals surface area (Å²) in [6.45, 7) is 1.71. The van der Waals surface area contributed by atoms with E-state index in [1.54, 1.807) is 25.1 Å². The topological polar surface area (TPSA) is 102 Å². The Balaban J connectivity index is 1.91. The van der Waals surface area contributed by atoms with Gasteiger partial charge in [0.05, 0.1) is 10.0 Å². The van der Waals surface area contributed by atoms with Gasteiger partial charge in [0.1, 0.15) is 6.61 Å². The number of aliphatic carboxylic acids is 1. The summed E-state index contributed by atoms with van der Waals surface area (Å²) in [5.41, 5.74) is 0.0750. The lowest BCUT2D eigenvalue weighted by atomic mass is 10.2. The predicted molar refractivity (Wildman–Crippen MR) is 91.1 cm³/mol. The van der Waals surface area contributed by atoms with Gasteiger partial charge < -0.3 is 19.7 Å². The molecule has 0 saturated heterocycles. The molecule has 2 aromatic rings. The van der Waals surface area contributed by atoms with E-state index in [-0.39, 0.29) is 24.8 Å². The molecule has 0 fully saturated rings. The van der Waals surface area contributed by atoms with Gasteiger partial charge in [0.25, 0.3) is 5.91 Å². The number of halogens is 2. The number of nitrogens with one attached hydrogen (secondary N) is 1.